The number of hydrogen-bond acceptors (Lipinski definition) is 3. The van der Waals surface area contributed by atoms with E-state index in [1.807, 2.05) is 6.92 Å². The summed E-state index contributed by atoms with van der Waals surface area (Å²) >= 11 is 0. The lowest BCUT2D eigenvalue weighted by atomic mass is 9.89. The zero-order valence-electron chi connectivity index (χ0n) is 13.1. The molecule has 0 saturated carbocycles. The highest BCUT2D eigenvalue weighted by Gasteiger charge is 2.36. The van der Waals surface area contributed by atoms with Crippen molar-refractivity contribution >= 4 is 18.3 Å². The van der Waals surface area contributed by atoms with Crippen LogP contribution in [0.25, 0.3) is 0 Å². The molecule has 6 heteroatoms. The lowest BCUT2D eigenvalue weighted by Crippen LogP contribution is -2.57. The molecule has 1 aromatic rings. The molecule has 0 bridgehead atoms. The van der Waals surface area contributed by atoms with E-state index in [0.29, 0.717) is 6.54 Å². The number of carbonyl (C=O) groups is 1. The van der Waals surface area contributed by atoms with Crippen LogP contribution in [0.5, 0.6) is 5.75 Å². The van der Waals surface area contributed by atoms with Crippen molar-refractivity contribution in [2.24, 2.45) is 0 Å². The standard InChI is InChI=1S/C16H23FN2O2.ClH/c1-16(9-5-6-10-18-16)15(20)19(2)11-12-21-14-8-4-3-7-13(14)17;/h3-4,7-8,18H,5-6,9-12H2,1-2H3;1H. The fraction of sp³-hybridized carbons (Fsp3) is 0.562. The summed E-state index contributed by atoms with van der Waals surface area (Å²) in [6.07, 6.45) is 3.03. The number of likely N-dealkylation sites (N-methyl/N-ethyl adjacent to an activating group) is 1. The molecule has 1 unspecified atom stereocenters. The number of para-hydroxylation sites is 1. The number of rotatable bonds is 5. The Morgan fingerprint density at radius 3 is 2.77 bits per heavy atom. The van der Waals surface area contributed by atoms with Gasteiger partial charge in [0.1, 0.15) is 6.61 Å². The van der Waals surface area contributed by atoms with E-state index in [-0.39, 0.29) is 36.5 Å². The molecular weight excluding hydrogens is 307 g/mol. The maximum absolute atomic E-state index is 13.4. The molecule has 2 rings (SSSR count). The van der Waals surface area contributed by atoms with E-state index in [0.717, 1.165) is 25.8 Å². The third kappa shape index (κ3) is 4.58. The third-order valence-corrected chi connectivity index (χ3v) is 3.96. The van der Waals surface area contributed by atoms with Crippen LogP contribution < -0.4 is 10.1 Å². The van der Waals surface area contributed by atoms with Crippen molar-refractivity contribution in [2.45, 2.75) is 31.7 Å². The van der Waals surface area contributed by atoms with E-state index in [1.54, 1.807) is 30.1 Å². The number of hydrogen-bond donors (Lipinski definition) is 1. The quantitative estimate of drug-likeness (QED) is 0.902. The zero-order valence-corrected chi connectivity index (χ0v) is 13.9. The largest absolute Gasteiger partial charge is 0.489 e. The summed E-state index contributed by atoms with van der Waals surface area (Å²) in [4.78, 5) is 14.1. The van der Waals surface area contributed by atoms with Gasteiger partial charge >= 0.3 is 0 Å². The molecule has 1 aromatic carbocycles. The maximum Gasteiger partial charge on any atom is 0.242 e. The summed E-state index contributed by atoms with van der Waals surface area (Å²) in [5.74, 6) is -0.0907. The van der Waals surface area contributed by atoms with Crippen LogP contribution in [-0.2, 0) is 4.79 Å². The van der Waals surface area contributed by atoms with Crippen LogP contribution in [-0.4, -0.2) is 43.1 Å². The zero-order chi connectivity index (χ0) is 15.3. The third-order valence-electron chi connectivity index (χ3n) is 3.96. The predicted octanol–water partition coefficient (Wildman–Crippen LogP) is 2.62. The van der Waals surface area contributed by atoms with Gasteiger partial charge in [0.05, 0.1) is 12.1 Å². The molecule has 1 heterocycles. The second-order valence-electron chi connectivity index (χ2n) is 5.72. The van der Waals surface area contributed by atoms with Crippen LogP contribution in [0.15, 0.2) is 24.3 Å². The Morgan fingerprint density at radius 1 is 1.41 bits per heavy atom. The van der Waals surface area contributed by atoms with Crippen LogP contribution in [0, 0.1) is 5.82 Å². The maximum atomic E-state index is 13.4. The molecule has 1 aliphatic rings. The number of piperidine rings is 1. The molecule has 1 atom stereocenters. The van der Waals surface area contributed by atoms with E-state index in [4.69, 9.17) is 4.74 Å². The van der Waals surface area contributed by atoms with Crippen molar-refractivity contribution < 1.29 is 13.9 Å². The van der Waals surface area contributed by atoms with Crippen LogP contribution in [0.4, 0.5) is 4.39 Å². The Bertz CT molecular complexity index is 493. The van der Waals surface area contributed by atoms with Gasteiger partial charge in [-0.05, 0) is 44.9 Å². The first-order valence-corrected chi connectivity index (χ1v) is 7.41. The van der Waals surface area contributed by atoms with Crippen LogP contribution in [0.2, 0.25) is 0 Å². The number of benzene rings is 1. The molecule has 0 spiro atoms. The van der Waals surface area contributed by atoms with Gasteiger partial charge in [0.2, 0.25) is 5.91 Å². The second-order valence-corrected chi connectivity index (χ2v) is 5.72. The predicted molar refractivity (Wildman–Crippen MR) is 87.0 cm³/mol. The molecule has 1 N–H and O–H groups in total. The Hall–Kier alpha value is -1.33. The van der Waals surface area contributed by atoms with Gasteiger partial charge in [0.25, 0.3) is 0 Å². The van der Waals surface area contributed by atoms with Gasteiger partial charge in [-0.2, -0.15) is 0 Å². The normalized spacial score (nSPS) is 20.9. The van der Waals surface area contributed by atoms with Gasteiger partial charge in [-0.15, -0.1) is 12.4 Å². The monoisotopic (exact) mass is 330 g/mol. The molecule has 0 aromatic heterocycles. The summed E-state index contributed by atoms with van der Waals surface area (Å²) < 4.78 is 18.8. The highest BCUT2D eigenvalue weighted by atomic mass is 35.5. The van der Waals surface area contributed by atoms with Crippen LogP contribution in [0.1, 0.15) is 26.2 Å². The first kappa shape index (κ1) is 18.7. The fourth-order valence-electron chi connectivity index (χ4n) is 2.62. The molecule has 1 saturated heterocycles. The number of ether oxygens (including phenoxy) is 1. The van der Waals surface area contributed by atoms with Crippen molar-refractivity contribution in [3.63, 3.8) is 0 Å². The summed E-state index contributed by atoms with van der Waals surface area (Å²) in [5, 5.41) is 3.30. The number of amides is 1. The first-order valence-electron chi connectivity index (χ1n) is 7.41. The molecule has 1 aliphatic heterocycles. The minimum atomic E-state index is -0.481. The smallest absolute Gasteiger partial charge is 0.242 e. The van der Waals surface area contributed by atoms with Crippen molar-refractivity contribution in [3.8, 4) is 5.75 Å². The highest BCUT2D eigenvalue weighted by molar-refractivity contribution is 5.86. The fourth-order valence-corrected chi connectivity index (χ4v) is 2.62. The van der Waals surface area contributed by atoms with Gasteiger partial charge in [-0.1, -0.05) is 12.1 Å². The Morgan fingerprint density at radius 2 is 2.14 bits per heavy atom. The Labute approximate surface area is 137 Å². The van der Waals surface area contributed by atoms with Crippen molar-refractivity contribution in [2.75, 3.05) is 26.7 Å². The van der Waals surface area contributed by atoms with Gasteiger partial charge in [-0.3, -0.25) is 4.79 Å². The Kier molecular flexibility index (Phi) is 7.10. The van der Waals surface area contributed by atoms with Crippen molar-refractivity contribution in [1.82, 2.24) is 10.2 Å². The van der Waals surface area contributed by atoms with Crippen molar-refractivity contribution in [3.05, 3.63) is 30.1 Å². The molecule has 1 fully saturated rings. The van der Waals surface area contributed by atoms with E-state index in [1.165, 1.54) is 6.07 Å². The first-order chi connectivity index (χ1) is 10.0. The lowest BCUT2D eigenvalue weighted by molar-refractivity contribution is -0.137. The highest BCUT2D eigenvalue weighted by Crippen LogP contribution is 2.21. The van der Waals surface area contributed by atoms with Crippen molar-refractivity contribution in [1.29, 1.82) is 0 Å². The topological polar surface area (TPSA) is 41.6 Å². The van der Waals surface area contributed by atoms with Gasteiger partial charge < -0.3 is 15.0 Å². The van der Waals surface area contributed by atoms with E-state index in [2.05, 4.69) is 5.32 Å². The van der Waals surface area contributed by atoms with Gasteiger partial charge in [-0.25, -0.2) is 4.39 Å². The SMILES string of the molecule is CN(CCOc1ccccc1F)C(=O)C1(C)CCCCN1.Cl. The van der Waals surface area contributed by atoms with Gasteiger partial charge in [0, 0.05) is 7.05 Å². The molecule has 1 amide bonds. The molecule has 0 aliphatic carbocycles. The average molecular weight is 331 g/mol. The number of halogens is 2. The summed E-state index contributed by atoms with van der Waals surface area (Å²) in [6.45, 7) is 3.54. The Balaban J connectivity index is 0.00000242. The molecule has 0 radical (unpaired) electrons. The number of nitrogens with one attached hydrogen (secondary N) is 1. The molecule has 4 nitrogen and oxygen atoms in total. The van der Waals surface area contributed by atoms with E-state index < -0.39 is 5.54 Å². The molecular formula is C16H24ClFN2O2. The average Bonchev–Trinajstić information content (AvgIpc) is 2.49. The van der Waals surface area contributed by atoms with Crippen LogP contribution in [0.3, 0.4) is 0 Å². The minimum Gasteiger partial charge on any atom is -0.489 e. The summed E-state index contributed by atoms with van der Waals surface area (Å²) in [5.41, 5.74) is -0.481. The van der Waals surface area contributed by atoms with Gasteiger partial charge in [0.15, 0.2) is 11.6 Å². The van der Waals surface area contributed by atoms with E-state index >= 15 is 0 Å². The lowest BCUT2D eigenvalue weighted by Gasteiger charge is -2.36. The summed E-state index contributed by atoms with van der Waals surface area (Å²) in [7, 11) is 1.76. The van der Waals surface area contributed by atoms with E-state index in [9.17, 15) is 9.18 Å². The molecule has 124 valence electrons. The second kappa shape index (κ2) is 8.34. The minimum absolute atomic E-state index is 0. The van der Waals surface area contributed by atoms with Crippen LogP contribution >= 0.6 is 12.4 Å². The summed E-state index contributed by atoms with van der Waals surface area (Å²) in [6, 6.07) is 6.28. The molecule has 22 heavy (non-hydrogen) atoms. The number of carbonyl (C=O) groups excluding carboxylic acids is 1. The number of nitrogens with zero attached hydrogens (tertiary/aromatic N) is 1.